The lowest BCUT2D eigenvalue weighted by atomic mass is 9.61. The van der Waals surface area contributed by atoms with Crippen LogP contribution in [0, 0.1) is 17.8 Å². The van der Waals surface area contributed by atoms with Crippen LogP contribution in [0.15, 0.2) is 0 Å². The molecule has 4 saturated heterocycles. The van der Waals surface area contributed by atoms with Gasteiger partial charge in [0.05, 0.1) is 6.61 Å². The fourth-order valence-electron chi connectivity index (χ4n) is 4.55. The van der Waals surface area contributed by atoms with E-state index in [1.54, 1.807) is 0 Å². The standard InChI is InChI=1S/C14H22O4/c1-9-3-4-10-6-8-15-12-14(10)11(9)5-7-13(2,16-12)17-18-14/h9-12H,3-8H2,1-2H3/t9-,10+,11+,12-,13-,14+/m1/s1. The average molecular weight is 254 g/mol. The van der Waals surface area contributed by atoms with Crippen molar-refractivity contribution < 1.29 is 19.2 Å². The lowest BCUT2D eigenvalue weighted by molar-refractivity contribution is -0.564. The summed E-state index contributed by atoms with van der Waals surface area (Å²) in [6.07, 6.45) is 5.36. The van der Waals surface area contributed by atoms with Crippen molar-refractivity contribution in [3.05, 3.63) is 0 Å². The van der Waals surface area contributed by atoms with Crippen LogP contribution in [-0.4, -0.2) is 24.3 Å². The van der Waals surface area contributed by atoms with Crippen LogP contribution in [-0.2, 0) is 19.2 Å². The zero-order chi connectivity index (χ0) is 12.4. The summed E-state index contributed by atoms with van der Waals surface area (Å²) < 4.78 is 12.0. The van der Waals surface area contributed by atoms with Gasteiger partial charge in [-0.25, -0.2) is 9.78 Å². The Kier molecular flexibility index (Phi) is 2.39. The summed E-state index contributed by atoms with van der Waals surface area (Å²) in [7, 11) is 0. The molecule has 1 aliphatic carbocycles. The molecular weight excluding hydrogens is 232 g/mol. The predicted octanol–water partition coefficient (Wildman–Crippen LogP) is 2.62. The third-order valence-corrected chi connectivity index (χ3v) is 5.61. The van der Waals surface area contributed by atoms with Crippen LogP contribution in [0.1, 0.15) is 46.0 Å². The van der Waals surface area contributed by atoms with E-state index in [4.69, 9.17) is 19.2 Å². The molecule has 0 aromatic rings. The predicted molar refractivity (Wildman–Crippen MR) is 63.4 cm³/mol. The fourth-order valence-corrected chi connectivity index (χ4v) is 4.55. The molecule has 5 aliphatic rings. The molecule has 4 nitrogen and oxygen atoms in total. The number of ether oxygens (including phenoxy) is 2. The molecular formula is C14H22O4. The van der Waals surface area contributed by atoms with Crippen molar-refractivity contribution in [1.29, 1.82) is 0 Å². The molecule has 0 aromatic carbocycles. The topological polar surface area (TPSA) is 36.9 Å². The van der Waals surface area contributed by atoms with Crippen molar-refractivity contribution in [3.8, 4) is 0 Å². The van der Waals surface area contributed by atoms with E-state index in [9.17, 15) is 0 Å². The van der Waals surface area contributed by atoms with Gasteiger partial charge in [-0.3, -0.25) is 0 Å². The highest BCUT2D eigenvalue weighted by atomic mass is 17.3. The molecule has 0 unspecified atom stereocenters. The summed E-state index contributed by atoms with van der Waals surface area (Å²) in [6.45, 7) is 5.10. The maximum absolute atomic E-state index is 6.11. The van der Waals surface area contributed by atoms with E-state index in [-0.39, 0.29) is 11.9 Å². The van der Waals surface area contributed by atoms with E-state index >= 15 is 0 Å². The molecule has 0 amide bonds. The van der Waals surface area contributed by atoms with Gasteiger partial charge in [0.25, 0.3) is 0 Å². The van der Waals surface area contributed by atoms with Crippen LogP contribution >= 0.6 is 0 Å². The number of rotatable bonds is 0. The normalized spacial score (nSPS) is 59.0. The first-order valence-electron chi connectivity index (χ1n) is 7.30. The highest BCUT2D eigenvalue weighted by molar-refractivity contribution is 5.06. The first kappa shape index (κ1) is 11.6. The SMILES string of the molecule is C[C@@H]1CC[C@H]2CCO[C@@H]3O[C@@]4(C)CC[C@@H]1[C@@]23OO4. The lowest BCUT2D eigenvalue weighted by Gasteiger charge is -2.57. The molecule has 6 atom stereocenters. The highest BCUT2D eigenvalue weighted by Crippen LogP contribution is 2.58. The van der Waals surface area contributed by atoms with E-state index in [0.29, 0.717) is 17.8 Å². The Morgan fingerprint density at radius 1 is 1.06 bits per heavy atom. The Balaban J connectivity index is 1.80. The van der Waals surface area contributed by atoms with Gasteiger partial charge in [0.1, 0.15) is 0 Å². The molecule has 4 heterocycles. The summed E-state index contributed by atoms with van der Waals surface area (Å²) in [5.74, 6) is 1.08. The van der Waals surface area contributed by atoms with Crippen molar-refractivity contribution in [3.63, 3.8) is 0 Å². The van der Waals surface area contributed by atoms with Gasteiger partial charge in [-0.05, 0) is 50.4 Å². The molecule has 1 spiro atoms. The summed E-state index contributed by atoms with van der Waals surface area (Å²) in [6, 6.07) is 0. The van der Waals surface area contributed by atoms with Gasteiger partial charge in [0.15, 0.2) is 11.9 Å². The Morgan fingerprint density at radius 3 is 2.83 bits per heavy atom. The highest BCUT2D eigenvalue weighted by Gasteiger charge is 2.66. The smallest absolute Gasteiger partial charge is 0.201 e. The third-order valence-electron chi connectivity index (χ3n) is 5.61. The van der Waals surface area contributed by atoms with Gasteiger partial charge in [-0.1, -0.05) is 6.92 Å². The minimum atomic E-state index is -0.616. The second-order valence-corrected chi connectivity index (χ2v) is 6.66. The van der Waals surface area contributed by atoms with Crippen molar-refractivity contribution in [2.45, 2.75) is 63.6 Å². The van der Waals surface area contributed by atoms with Gasteiger partial charge in [0.2, 0.25) is 5.79 Å². The first-order chi connectivity index (χ1) is 8.64. The first-order valence-corrected chi connectivity index (χ1v) is 7.30. The van der Waals surface area contributed by atoms with E-state index in [1.807, 2.05) is 6.92 Å². The van der Waals surface area contributed by atoms with Crippen molar-refractivity contribution in [2.75, 3.05) is 6.61 Å². The maximum Gasteiger partial charge on any atom is 0.201 e. The molecule has 1 saturated carbocycles. The van der Waals surface area contributed by atoms with Crippen LogP contribution in [0.5, 0.6) is 0 Å². The molecule has 0 N–H and O–H groups in total. The zero-order valence-corrected chi connectivity index (χ0v) is 11.2. The largest absolute Gasteiger partial charge is 0.349 e. The Hall–Kier alpha value is -0.160. The number of fused-ring (bicyclic) bond motifs is 2. The second-order valence-electron chi connectivity index (χ2n) is 6.66. The van der Waals surface area contributed by atoms with Gasteiger partial charge < -0.3 is 9.47 Å². The third kappa shape index (κ3) is 1.35. The second kappa shape index (κ2) is 3.69. The molecule has 2 bridgehead atoms. The van der Waals surface area contributed by atoms with E-state index in [2.05, 4.69) is 6.92 Å². The summed E-state index contributed by atoms with van der Waals surface area (Å²) >= 11 is 0. The maximum atomic E-state index is 6.11. The molecule has 5 fully saturated rings. The zero-order valence-electron chi connectivity index (χ0n) is 11.2. The van der Waals surface area contributed by atoms with Gasteiger partial charge in [-0.15, -0.1) is 0 Å². The molecule has 18 heavy (non-hydrogen) atoms. The van der Waals surface area contributed by atoms with E-state index in [1.165, 1.54) is 12.8 Å². The minimum absolute atomic E-state index is 0.231. The van der Waals surface area contributed by atoms with Gasteiger partial charge in [0, 0.05) is 6.42 Å². The van der Waals surface area contributed by atoms with Crippen molar-refractivity contribution in [1.82, 2.24) is 0 Å². The number of hydrogen-bond donors (Lipinski definition) is 0. The molecule has 5 rings (SSSR count). The molecule has 102 valence electrons. The molecule has 4 heteroatoms. The van der Waals surface area contributed by atoms with Crippen molar-refractivity contribution >= 4 is 0 Å². The van der Waals surface area contributed by atoms with Crippen LogP contribution < -0.4 is 0 Å². The average Bonchev–Trinajstić information content (AvgIpc) is 2.59. The monoisotopic (exact) mass is 254 g/mol. The summed E-state index contributed by atoms with van der Waals surface area (Å²) in [5, 5.41) is 0. The lowest BCUT2D eigenvalue weighted by Crippen LogP contribution is -2.67. The summed E-state index contributed by atoms with van der Waals surface area (Å²) in [4.78, 5) is 11.6. The Morgan fingerprint density at radius 2 is 1.94 bits per heavy atom. The van der Waals surface area contributed by atoms with E-state index in [0.717, 1.165) is 25.9 Å². The Bertz CT molecular complexity index is 356. The Labute approximate surface area is 108 Å². The fraction of sp³-hybridized carbons (Fsp3) is 1.00. The van der Waals surface area contributed by atoms with Crippen LogP contribution in [0.25, 0.3) is 0 Å². The molecule has 4 aliphatic heterocycles. The molecule has 0 radical (unpaired) electrons. The minimum Gasteiger partial charge on any atom is -0.349 e. The van der Waals surface area contributed by atoms with Crippen LogP contribution in [0.3, 0.4) is 0 Å². The van der Waals surface area contributed by atoms with Crippen LogP contribution in [0.2, 0.25) is 0 Å². The van der Waals surface area contributed by atoms with E-state index < -0.39 is 5.79 Å². The summed E-state index contributed by atoms with van der Waals surface area (Å²) in [5.41, 5.74) is -0.341. The quantitative estimate of drug-likeness (QED) is 0.623. The van der Waals surface area contributed by atoms with Crippen molar-refractivity contribution in [2.24, 2.45) is 17.8 Å². The molecule has 0 aromatic heterocycles. The number of hydrogen-bond acceptors (Lipinski definition) is 4. The van der Waals surface area contributed by atoms with Gasteiger partial charge >= 0.3 is 0 Å². The van der Waals surface area contributed by atoms with Crippen LogP contribution in [0.4, 0.5) is 0 Å². The van der Waals surface area contributed by atoms with Gasteiger partial charge in [-0.2, -0.15) is 0 Å².